The van der Waals surface area contributed by atoms with Crippen LogP contribution in [-0.2, 0) is 14.8 Å². The van der Waals surface area contributed by atoms with Gasteiger partial charge >= 0.3 is 0 Å². The number of nitrogen functional groups attached to an aromatic ring is 1. The first-order valence-corrected chi connectivity index (χ1v) is 7.88. The van der Waals surface area contributed by atoms with Crippen LogP contribution in [0.1, 0.15) is 19.3 Å². The lowest BCUT2D eigenvalue weighted by molar-refractivity contribution is -0.0241. The summed E-state index contributed by atoms with van der Waals surface area (Å²) in [5.74, 6) is 0.220. The zero-order valence-electron chi connectivity index (χ0n) is 10.5. The van der Waals surface area contributed by atoms with Crippen LogP contribution in [-0.4, -0.2) is 43.0 Å². The minimum atomic E-state index is -3.51. The van der Waals surface area contributed by atoms with Gasteiger partial charge in [-0.15, -0.1) is 0 Å². The maximum atomic E-state index is 12.7. The summed E-state index contributed by atoms with van der Waals surface area (Å²) in [6.07, 6.45) is 4.29. The highest BCUT2D eigenvalue weighted by Crippen LogP contribution is 2.33. The smallest absolute Gasteiger partial charge is 0.243 e. The normalized spacial score (nSPS) is 28.2. The number of nitrogens with two attached hydrogens (primary N) is 1. The van der Waals surface area contributed by atoms with Crippen molar-refractivity contribution in [2.24, 2.45) is 0 Å². The standard InChI is InChI=1S/C12H17N3O3S/c13-12-8-9(4-5-14-12)19(16,17)15-6-7-18-11-3-1-2-10(11)15/h4-5,8,10-11H,1-3,6-7H2,(H2,13,14). The van der Waals surface area contributed by atoms with Gasteiger partial charge in [-0.1, -0.05) is 0 Å². The van der Waals surface area contributed by atoms with Crippen LogP contribution in [0, 0.1) is 0 Å². The first-order valence-electron chi connectivity index (χ1n) is 6.44. The van der Waals surface area contributed by atoms with Gasteiger partial charge < -0.3 is 10.5 Å². The van der Waals surface area contributed by atoms with E-state index in [1.54, 1.807) is 4.31 Å². The third-order valence-corrected chi connectivity index (χ3v) is 5.71. The van der Waals surface area contributed by atoms with E-state index in [1.165, 1.54) is 18.3 Å². The largest absolute Gasteiger partial charge is 0.384 e. The number of pyridine rings is 1. The van der Waals surface area contributed by atoms with E-state index >= 15 is 0 Å². The number of morpholine rings is 1. The fourth-order valence-corrected chi connectivity index (χ4v) is 4.60. The van der Waals surface area contributed by atoms with Crippen molar-refractivity contribution in [2.45, 2.75) is 36.3 Å². The Kier molecular flexibility index (Phi) is 3.20. The van der Waals surface area contributed by atoms with Crippen molar-refractivity contribution in [3.05, 3.63) is 18.3 Å². The number of hydrogen-bond acceptors (Lipinski definition) is 5. The average molecular weight is 283 g/mol. The number of aromatic nitrogens is 1. The second-order valence-electron chi connectivity index (χ2n) is 4.94. The molecule has 1 saturated carbocycles. The van der Waals surface area contributed by atoms with Gasteiger partial charge in [-0.25, -0.2) is 13.4 Å². The highest BCUT2D eigenvalue weighted by molar-refractivity contribution is 7.89. The summed E-state index contributed by atoms with van der Waals surface area (Å²) >= 11 is 0. The van der Waals surface area contributed by atoms with Gasteiger partial charge in [-0.2, -0.15) is 4.31 Å². The monoisotopic (exact) mass is 283 g/mol. The predicted octanol–water partition coefficient (Wildman–Crippen LogP) is 0.606. The lowest BCUT2D eigenvalue weighted by Crippen LogP contribution is -2.51. The molecule has 104 valence electrons. The van der Waals surface area contributed by atoms with Crippen LogP contribution < -0.4 is 5.73 Å². The fourth-order valence-electron chi connectivity index (χ4n) is 2.91. The number of rotatable bonds is 2. The molecule has 1 aromatic rings. The molecular weight excluding hydrogens is 266 g/mol. The molecule has 19 heavy (non-hydrogen) atoms. The molecule has 2 atom stereocenters. The van der Waals surface area contributed by atoms with Crippen molar-refractivity contribution in [1.82, 2.24) is 9.29 Å². The van der Waals surface area contributed by atoms with Gasteiger partial charge in [0.05, 0.1) is 23.6 Å². The zero-order chi connectivity index (χ0) is 13.5. The molecule has 1 aliphatic carbocycles. The molecule has 2 N–H and O–H groups in total. The Morgan fingerprint density at radius 2 is 2.26 bits per heavy atom. The van der Waals surface area contributed by atoms with Gasteiger partial charge in [0.25, 0.3) is 0 Å². The Labute approximate surface area is 112 Å². The topological polar surface area (TPSA) is 85.5 Å². The summed E-state index contributed by atoms with van der Waals surface area (Å²) < 4.78 is 32.6. The first kappa shape index (κ1) is 12.8. The number of anilines is 1. The van der Waals surface area contributed by atoms with E-state index in [4.69, 9.17) is 10.5 Å². The molecule has 7 heteroatoms. The van der Waals surface area contributed by atoms with Crippen LogP contribution in [0.15, 0.2) is 23.2 Å². The van der Waals surface area contributed by atoms with Crippen LogP contribution in [0.2, 0.25) is 0 Å². The molecule has 0 radical (unpaired) electrons. The molecule has 0 spiro atoms. The van der Waals surface area contributed by atoms with Gasteiger partial charge in [-0.3, -0.25) is 0 Å². The molecular formula is C12H17N3O3S. The molecule has 2 unspecified atom stereocenters. The predicted molar refractivity (Wildman–Crippen MR) is 69.9 cm³/mol. The lowest BCUT2D eigenvalue weighted by Gasteiger charge is -2.36. The third kappa shape index (κ3) is 2.22. The molecule has 3 rings (SSSR count). The number of nitrogens with zero attached hydrogens (tertiary/aromatic N) is 2. The number of ether oxygens (including phenoxy) is 1. The molecule has 0 amide bonds. The zero-order valence-corrected chi connectivity index (χ0v) is 11.3. The molecule has 2 heterocycles. The summed E-state index contributed by atoms with van der Waals surface area (Å²) in [4.78, 5) is 4.05. The molecule has 1 aliphatic heterocycles. The van der Waals surface area contributed by atoms with Crippen LogP contribution in [0.25, 0.3) is 0 Å². The van der Waals surface area contributed by atoms with Gasteiger partial charge in [0, 0.05) is 18.8 Å². The molecule has 1 saturated heterocycles. The van der Waals surface area contributed by atoms with Gasteiger partial charge in [0.2, 0.25) is 10.0 Å². The molecule has 0 aromatic carbocycles. The quantitative estimate of drug-likeness (QED) is 0.859. The second kappa shape index (κ2) is 4.73. The maximum Gasteiger partial charge on any atom is 0.243 e. The average Bonchev–Trinajstić information content (AvgIpc) is 2.86. The van der Waals surface area contributed by atoms with E-state index in [0.717, 1.165) is 19.3 Å². The van der Waals surface area contributed by atoms with Gasteiger partial charge in [0.1, 0.15) is 5.82 Å². The Hall–Kier alpha value is -1.18. The summed E-state index contributed by atoms with van der Waals surface area (Å²) in [5, 5.41) is 0. The van der Waals surface area contributed by atoms with Crippen LogP contribution in [0.5, 0.6) is 0 Å². The Bertz CT molecular complexity index is 575. The molecule has 0 bridgehead atoms. The summed E-state index contributed by atoms with van der Waals surface area (Å²) in [7, 11) is -3.51. The van der Waals surface area contributed by atoms with Crippen LogP contribution >= 0.6 is 0 Å². The van der Waals surface area contributed by atoms with E-state index in [-0.39, 0.29) is 22.9 Å². The second-order valence-corrected chi connectivity index (χ2v) is 6.83. The van der Waals surface area contributed by atoms with Gasteiger partial charge in [0.15, 0.2) is 0 Å². The maximum absolute atomic E-state index is 12.7. The highest BCUT2D eigenvalue weighted by Gasteiger charge is 2.42. The third-order valence-electron chi connectivity index (χ3n) is 3.79. The summed E-state index contributed by atoms with van der Waals surface area (Å²) in [6.45, 7) is 0.868. The highest BCUT2D eigenvalue weighted by atomic mass is 32.2. The molecule has 1 aromatic heterocycles. The molecule has 2 aliphatic rings. The van der Waals surface area contributed by atoms with E-state index in [0.29, 0.717) is 13.2 Å². The Balaban J connectivity index is 1.95. The minimum Gasteiger partial charge on any atom is -0.384 e. The van der Waals surface area contributed by atoms with Crippen LogP contribution in [0.4, 0.5) is 5.82 Å². The summed E-state index contributed by atoms with van der Waals surface area (Å²) in [6, 6.07) is 2.87. The van der Waals surface area contributed by atoms with E-state index in [2.05, 4.69) is 4.98 Å². The Morgan fingerprint density at radius 1 is 1.42 bits per heavy atom. The molecule has 2 fully saturated rings. The Morgan fingerprint density at radius 3 is 3.05 bits per heavy atom. The van der Waals surface area contributed by atoms with Crippen LogP contribution in [0.3, 0.4) is 0 Å². The van der Waals surface area contributed by atoms with Crippen molar-refractivity contribution in [2.75, 3.05) is 18.9 Å². The lowest BCUT2D eigenvalue weighted by atomic mass is 10.2. The number of fused-ring (bicyclic) bond motifs is 1. The minimum absolute atomic E-state index is 0.0341. The molecule has 6 nitrogen and oxygen atoms in total. The van der Waals surface area contributed by atoms with Crippen molar-refractivity contribution in [3.8, 4) is 0 Å². The van der Waals surface area contributed by atoms with E-state index in [9.17, 15) is 8.42 Å². The fraction of sp³-hybridized carbons (Fsp3) is 0.583. The van der Waals surface area contributed by atoms with E-state index < -0.39 is 10.0 Å². The van der Waals surface area contributed by atoms with Crippen molar-refractivity contribution in [3.63, 3.8) is 0 Å². The van der Waals surface area contributed by atoms with Crippen molar-refractivity contribution < 1.29 is 13.2 Å². The first-order chi connectivity index (χ1) is 9.09. The number of sulfonamides is 1. The van der Waals surface area contributed by atoms with Gasteiger partial charge in [-0.05, 0) is 25.3 Å². The summed E-state index contributed by atoms with van der Waals surface area (Å²) in [5.41, 5.74) is 5.57. The SMILES string of the molecule is Nc1cc(S(=O)(=O)N2CCOC3CCCC32)ccn1. The number of hydrogen-bond donors (Lipinski definition) is 1. The van der Waals surface area contributed by atoms with E-state index in [1.807, 2.05) is 0 Å². The van der Waals surface area contributed by atoms with Crippen molar-refractivity contribution >= 4 is 15.8 Å². The van der Waals surface area contributed by atoms with Crippen molar-refractivity contribution in [1.29, 1.82) is 0 Å².